The average Bonchev–Trinajstić information content (AvgIpc) is 3.58. The second kappa shape index (κ2) is 12.0. The van der Waals surface area contributed by atoms with Crippen molar-refractivity contribution in [1.82, 2.24) is 15.6 Å². The van der Waals surface area contributed by atoms with Gasteiger partial charge in [-0.25, -0.2) is 4.79 Å². The van der Waals surface area contributed by atoms with Gasteiger partial charge in [0.2, 0.25) is 11.8 Å². The van der Waals surface area contributed by atoms with Crippen LogP contribution >= 0.6 is 0 Å². The van der Waals surface area contributed by atoms with Crippen LogP contribution in [0.5, 0.6) is 0 Å². The van der Waals surface area contributed by atoms with Crippen LogP contribution in [0.1, 0.15) is 29.9 Å². The van der Waals surface area contributed by atoms with Crippen molar-refractivity contribution >= 4 is 34.5 Å². The number of alkyl carbamates (subject to hydrolysis) is 1. The number of rotatable bonds is 10. The zero-order valence-corrected chi connectivity index (χ0v) is 22.4. The van der Waals surface area contributed by atoms with Crippen LogP contribution in [-0.2, 0) is 14.3 Å². The molecule has 1 aromatic heterocycles. The maximum atomic E-state index is 13.6. The summed E-state index contributed by atoms with van der Waals surface area (Å²) in [6.45, 7) is 0.378. The number of aromatic amines is 1. The topological polar surface area (TPSA) is 130 Å². The highest BCUT2D eigenvalue weighted by molar-refractivity contribution is 5.99. The van der Waals surface area contributed by atoms with Gasteiger partial charge < -0.3 is 31.0 Å². The van der Waals surface area contributed by atoms with Crippen molar-refractivity contribution < 1.29 is 19.1 Å². The van der Waals surface area contributed by atoms with Crippen molar-refractivity contribution in [1.29, 1.82) is 0 Å². The summed E-state index contributed by atoms with van der Waals surface area (Å²) in [5, 5.41) is 6.46. The van der Waals surface area contributed by atoms with Crippen molar-refractivity contribution in [2.45, 2.75) is 24.8 Å². The van der Waals surface area contributed by atoms with Gasteiger partial charge >= 0.3 is 6.09 Å². The zero-order chi connectivity index (χ0) is 28.1. The van der Waals surface area contributed by atoms with Crippen LogP contribution < -0.4 is 21.3 Å². The smallest absolute Gasteiger partial charge is 0.407 e. The number of nitrogens with one attached hydrogen (secondary N) is 3. The van der Waals surface area contributed by atoms with E-state index in [4.69, 9.17) is 10.5 Å². The van der Waals surface area contributed by atoms with E-state index in [-0.39, 0.29) is 30.9 Å². The minimum absolute atomic E-state index is 0.0884. The third-order valence-electron chi connectivity index (χ3n) is 7.37. The number of H-pyrrole nitrogens is 1. The standard InChI is InChI=1S/C31H33N5O4/c1-36(21-12-13-27-20(17-21)14-16-33-27)30(38)28(11-6-15-34-29(37)18-32)35-31(39)40-19-26-24-9-4-2-7-22(24)23-8-3-5-10-25(23)26/h2-5,7-10,12-14,16-17,26,28,33H,6,11,15,18-19,32H2,1H3,(H,34,37)(H,35,39). The van der Waals surface area contributed by atoms with Gasteiger partial charge in [-0.05, 0) is 59.4 Å². The van der Waals surface area contributed by atoms with Crippen LogP contribution in [0, 0.1) is 0 Å². The summed E-state index contributed by atoms with van der Waals surface area (Å²) >= 11 is 0. The minimum atomic E-state index is -0.850. The van der Waals surface area contributed by atoms with Gasteiger partial charge in [-0.1, -0.05) is 48.5 Å². The number of nitrogens with zero attached hydrogens (tertiary/aromatic N) is 1. The van der Waals surface area contributed by atoms with E-state index in [2.05, 4.69) is 39.9 Å². The van der Waals surface area contributed by atoms with E-state index in [1.165, 1.54) is 4.90 Å². The number of ether oxygens (including phenoxy) is 1. The monoisotopic (exact) mass is 539 g/mol. The van der Waals surface area contributed by atoms with Crippen LogP contribution in [0.4, 0.5) is 10.5 Å². The van der Waals surface area contributed by atoms with Gasteiger partial charge in [-0.15, -0.1) is 0 Å². The van der Waals surface area contributed by atoms with Crippen LogP contribution in [0.3, 0.4) is 0 Å². The Morgan fingerprint density at radius 2 is 1.70 bits per heavy atom. The number of carbonyl (C=O) groups excluding carboxylic acids is 3. The number of nitrogens with two attached hydrogens (primary N) is 1. The number of carbonyl (C=O) groups is 3. The predicted molar refractivity (Wildman–Crippen MR) is 155 cm³/mol. The molecule has 206 valence electrons. The normalized spacial score (nSPS) is 12.8. The quantitative estimate of drug-likeness (QED) is 0.227. The Morgan fingerprint density at radius 1 is 1.00 bits per heavy atom. The molecule has 1 aliphatic rings. The molecule has 5 rings (SSSR count). The molecule has 9 heteroatoms. The van der Waals surface area contributed by atoms with E-state index >= 15 is 0 Å². The SMILES string of the molecule is CN(C(=O)C(CCCNC(=O)CN)NC(=O)OCC1c2ccccc2-c2ccccc21)c1ccc2[nH]ccc2c1. The molecule has 1 heterocycles. The van der Waals surface area contributed by atoms with E-state index in [9.17, 15) is 14.4 Å². The number of amides is 3. The Balaban J connectivity index is 1.27. The molecule has 5 N–H and O–H groups in total. The van der Waals surface area contributed by atoms with Crippen molar-refractivity contribution in [2.24, 2.45) is 5.73 Å². The van der Waals surface area contributed by atoms with Crippen LogP contribution in [0.15, 0.2) is 79.0 Å². The second-order valence-electron chi connectivity index (χ2n) is 9.87. The fourth-order valence-electron chi connectivity index (χ4n) is 5.26. The molecule has 0 spiro atoms. The third-order valence-corrected chi connectivity index (χ3v) is 7.37. The third kappa shape index (κ3) is 5.69. The van der Waals surface area contributed by atoms with Gasteiger partial charge in [-0.2, -0.15) is 0 Å². The lowest BCUT2D eigenvalue weighted by Gasteiger charge is -2.25. The summed E-state index contributed by atoms with van der Waals surface area (Å²) in [4.78, 5) is 42.8. The lowest BCUT2D eigenvalue weighted by Crippen LogP contribution is -2.48. The summed E-state index contributed by atoms with van der Waals surface area (Å²) < 4.78 is 5.70. The van der Waals surface area contributed by atoms with Gasteiger partial charge in [-0.3, -0.25) is 9.59 Å². The number of hydrogen-bond donors (Lipinski definition) is 4. The molecular weight excluding hydrogens is 506 g/mol. The molecule has 0 radical (unpaired) electrons. The number of likely N-dealkylation sites (N-methyl/N-ethyl adjacent to an activating group) is 1. The number of anilines is 1. The van der Waals surface area contributed by atoms with Gasteiger partial charge in [0.1, 0.15) is 12.6 Å². The number of fused-ring (bicyclic) bond motifs is 4. The second-order valence-corrected chi connectivity index (χ2v) is 9.87. The highest BCUT2D eigenvalue weighted by Crippen LogP contribution is 2.44. The summed E-state index contributed by atoms with van der Waals surface area (Å²) in [5.41, 5.74) is 11.5. The highest BCUT2D eigenvalue weighted by Gasteiger charge is 2.30. The molecule has 3 amide bonds. The fraction of sp³-hybridized carbons (Fsp3) is 0.258. The predicted octanol–water partition coefficient (Wildman–Crippen LogP) is 3.89. The lowest BCUT2D eigenvalue weighted by atomic mass is 9.98. The first-order valence-electron chi connectivity index (χ1n) is 13.4. The van der Waals surface area contributed by atoms with Crippen LogP contribution in [-0.4, -0.2) is 55.7 Å². The summed E-state index contributed by atoms with van der Waals surface area (Å²) in [7, 11) is 1.68. The Kier molecular flexibility index (Phi) is 8.12. The summed E-state index contributed by atoms with van der Waals surface area (Å²) in [6, 6.07) is 23.0. The van der Waals surface area contributed by atoms with E-state index < -0.39 is 12.1 Å². The Bertz CT molecular complexity index is 1490. The molecule has 4 aromatic rings. The fourth-order valence-corrected chi connectivity index (χ4v) is 5.26. The largest absolute Gasteiger partial charge is 0.449 e. The molecule has 3 aromatic carbocycles. The molecule has 0 aliphatic heterocycles. The molecule has 0 saturated carbocycles. The van der Waals surface area contributed by atoms with Gasteiger partial charge in [0.15, 0.2) is 0 Å². The lowest BCUT2D eigenvalue weighted by molar-refractivity contribution is -0.120. The average molecular weight is 540 g/mol. The zero-order valence-electron chi connectivity index (χ0n) is 22.4. The first-order valence-corrected chi connectivity index (χ1v) is 13.4. The van der Waals surface area contributed by atoms with Gasteiger partial charge in [0.25, 0.3) is 0 Å². The maximum Gasteiger partial charge on any atom is 0.407 e. The molecule has 1 aliphatic carbocycles. The molecular formula is C31H33N5O4. The Labute approximate surface area is 232 Å². The van der Waals surface area contributed by atoms with Gasteiger partial charge in [0, 0.05) is 42.3 Å². The maximum absolute atomic E-state index is 13.6. The molecule has 40 heavy (non-hydrogen) atoms. The molecule has 9 nitrogen and oxygen atoms in total. The van der Waals surface area contributed by atoms with Crippen molar-refractivity contribution in [3.63, 3.8) is 0 Å². The highest BCUT2D eigenvalue weighted by atomic mass is 16.5. The van der Waals surface area contributed by atoms with E-state index in [1.807, 2.05) is 54.7 Å². The van der Waals surface area contributed by atoms with E-state index in [1.54, 1.807) is 7.05 Å². The number of hydrogen-bond acceptors (Lipinski definition) is 5. The molecule has 1 unspecified atom stereocenters. The van der Waals surface area contributed by atoms with Gasteiger partial charge in [0.05, 0.1) is 6.54 Å². The Hall–Kier alpha value is -4.63. The van der Waals surface area contributed by atoms with E-state index in [0.717, 1.165) is 33.2 Å². The van der Waals surface area contributed by atoms with Crippen LogP contribution in [0.25, 0.3) is 22.0 Å². The first kappa shape index (κ1) is 27.0. The summed E-state index contributed by atoms with van der Waals surface area (Å²) in [5.74, 6) is -0.646. The molecule has 0 bridgehead atoms. The number of aromatic nitrogens is 1. The first-order chi connectivity index (χ1) is 19.5. The Morgan fingerprint density at radius 3 is 2.40 bits per heavy atom. The number of benzene rings is 3. The molecule has 1 atom stereocenters. The molecule has 0 fully saturated rings. The molecule has 0 saturated heterocycles. The van der Waals surface area contributed by atoms with Crippen LogP contribution in [0.2, 0.25) is 0 Å². The van der Waals surface area contributed by atoms with E-state index in [0.29, 0.717) is 25.1 Å². The van der Waals surface area contributed by atoms with Crippen molar-refractivity contribution in [3.05, 3.63) is 90.1 Å². The summed E-state index contributed by atoms with van der Waals surface area (Å²) in [6.07, 6.45) is 1.95. The minimum Gasteiger partial charge on any atom is -0.449 e. The van der Waals surface area contributed by atoms with Crippen molar-refractivity contribution in [3.8, 4) is 11.1 Å². The van der Waals surface area contributed by atoms with Crippen molar-refractivity contribution in [2.75, 3.05) is 31.6 Å².